The zero-order chi connectivity index (χ0) is 19.5. The standard InChI is InChI=1S/C21H20N4O3/c1-13-3-5-16(7-14(13)2)25-21(26)17-10-24-20(11-22-17)23-9-15-4-6-18-19(8-15)28-12-27-18/h3-8,10-11H,9,12H2,1-2H3,(H,23,24)(H,25,26). The van der Waals surface area contributed by atoms with Crippen molar-refractivity contribution in [1.82, 2.24) is 9.97 Å². The van der Waals surface area contributed by atoms with Gasteiger partial charge in [0.1, 0.15) is 11.5 Å². The van der Waals surface area contributed by atoms with Crippen LogP contribution in [0.3, 0.4) is 0 Å². The van der Waals surface area contributed by atoms with Crippen LogP contribution < -0.4 is 20.1 Å². The number of aryl methyl sites for hydroxylation is 2. The maximum atomic E-state index is 12.3. The van der Waals surface area contributed by atoms with Crippen LogP contribution in [-0.2, 0) is 6.54 Å². The van der Waals surface area contributed by atoms with E-state index in [0.29, 0.717) is 12.4 Å². The van der Waals surface area contributed by atoms with Crippen LogP contribution in [0.5, 0.6) is 11.5 Å². The van der Waals surface area contributed by atoms with E-state index in [0.717, 1.165) is 28.3 Å². The number of carbonyl (C=O) groups excluding carboxylic acids is 1. The van der Waals surface area contributed by atoms with Gasteiger partial charge in [-0.2, -0.15) is 0 Å². The van der Waals surface area contributed by atoms with Gasteiger partial charge < -0.3 is 20.1 Å². The molecular weight excluding hydrogens is 356 g/mol. The van der Waals surface area contributed by atoms with E-state index in [-0.39, 0.29) is 18.4 Å². The first-order chi connectivity index (χ1) is 13.6. The van der Waals surface area contributed by atoms with Crippen LogP contribution in [0.2, 0.25) is 0 Å². The Hall–Kier alpha value is -3.61. The molecule has 0 saturated heterocycles. The molecule has 0 bridgehead atoms. The number of aromatic nitrogens is 2. The predicted molar refractivity (Wildman–Crippen MR) is 106 cm³/mol. The molecule has 1 amide bonds. The van der Waals surface area contributed by atoms with E-state index < -0.39 is 0 Å². The van der Waals surface area contributed by atoms with Gasteiger partial charge in [0.15, 0.2) is 11.5 Å². The van der Waals surface area contributed by atoms with Gasteiger partial charge in [0.2, 0.25) is 6.79 Å². The molecule has 7 heteroatoms. The van der Waals surface area contributed by atoms with Crippen LogP contribution >= 0.6 is 0 Å². The fraction of sp³-hybridized carbons (Fsp3) is 0.190. The fourth-order valence-corrected chi connectivity index (χ4v) is 2.79. The number of hydrogen-bond acceptors (Lipinski definition) is 6. The van der Waals surface area contributed by atoms with Gasteiger partial charge in [0, 0.05) is 12.2 Å². The average Bonchev–Trinajstić information content (AvgIpc) is 3.17. The van der Waals surface area contributed by atoms with Crippen LogP contribution in [-0.4, -0.2) is 22.7 Å². The molecule has 0 fully saturated rings. The molecule has 7 nitrogen and oxygen atoms in total. The van der Waals surface area contributed by atoms with Crippen LogP contribution in [0.1, 0.15) is 27.2 Å². The second-order valence-corrected chi connectivity index (χ2v) is 6.58. The van der Waals surface area contributed by atoms with E-state index >= 15 is 0 Å². The van der Waals surface area contributed by atoms with E-state index in [1.54, 1.807) is 6.20 Å². The molecule has 0 aliphatic carbocycles. The average molecular weight is 376 g/mol. The Morgan fingerprint density at radius 3 is 2.64 bits per heavy atom. The Bertz CT molecular complexity index is 1020. The molecular formula is C21H20N4O3. The Labute approximate surface area is 162 Å². The van der Waals surface area contributed by atoms with E-state index in [4.69, 9.17) is 9.47 Å². The second-order valence-electron chi connectivity index (χ2n) is 6.58. The van der Waals surface area contributed by atoms with E-state index in [1.165, 1.54) is 11.8 Å². The molecule has 0 saturated carbocycles. The fourth-order valence-electron chi connectivity index (χ4n) is 2.79. The summed E-state index contributed by atoms with van der Waals surface area (Å²) in [5.41, 5.74) is 4.32. The maximum absolute atomic E-state index is 12.3. The number of benzene rings is 2. The summed E-state index contributed by atoms with van der Waals surface area (Å²) < 4.78 is 10.7. The zero-order valence-corrected chi connectivity index (χ0v) is 15.7. The summed E-state index contributed by atoms with van der Waals surface area (Å²) in [6.07, 6.45) is 3.00. The zero-order valence-electron chi connectivity index (χ0n) is 15.7. The molecule has 2 aromatic carbocycles. The van der Waals surface area contributed by atoms with Crippen molar-refractivity contribution in [3.05, 3.63) is 71.2 Å². The van der Waals surface area contributed by atoms with Crippen molar-refractivity contribution in [3.8, 4) is 11.5 Å². The largest absolute Gasteiger partial charge is 0.454 e. The minimum absolute atomic E-state index is 0.253. The highest BCUT2D eigenvalue weighted by atomic mass is 16.7. The van der Waals surface area contributed by atoms with Crippen molar-refractivity contribution < 1.29 is 14.3 Å². The minimum Gasteiger partial charge on any atom is -0.454 e. The number of amides is 1. The van der Waals surface area contributed by atoms with Crippen molar-refractivity contribution in [2.45, 2.75) is 20.4 Å². The van der Waals surface area contributed by atoms with Crippen molar-refractivity contribution in [2.24, 2.45) is 0 Å². The number of rotatable bonds is 5. The lowest BCUT2D eigenvalue weighted by atomic mass is 10.1. The molecule has 142 valence electrons. The maximum Gasteiger partial charge on any atom is 0.275 e. The number of carbonyl (C=O) groups is 1. The first-order valence-corrected chi connectivity index (χ1v) is 8.91. The first-order valence-electron chi connectivity index (χ1n) is 8.91. The highest BCUT2D eigenvalue weighted by Gasteiger charge is 2.13. The van der Waals surface area contributed by atoms with E-state index in [9.17, 15) is 4.79 Å². The summed E-state index contributed by atoms with van der Waals surface area (Å²) in [6, 6.07) is 11.5. The van der Waals surface area contributed by atoms with Gasteiger partial charge in [-0.3, -0.25) is 4.79 Å². The number of fused-ring (bicyclic) bond motifs is 1. The highest BCUT2D eigenvalue weighted by Crippen LogP contribution is 2.32. The van der Waals surface area contributed by atoms with E-state index in [2.05, 4.69) is 20.6 Å². The summed E-state index contributed by atoms with van der Waals surface area (Å²) >= 11 is 0. The van der Waals surface area contributed by atoms with Crippen LogP contribution in [0, 0.1) is 13.8 Å². The molecule has 0 spiro atoms. The van der Waals surface area contributed by atoms with Gasteiger partial charge in [0.05, 0.1) is 12.4 Å². The summed E-state index contributed by atoms with van der Waals surface area (Å²) in [5, 5.41) is 6.02. The number of hydrogen-bond donors (Lipinski definition) is 2. The third-order valence-electron chi connectivity index (χ3n) is 4.56. The first kappa shape index (κ1) is 17.8. The number of anilines is 2. The normalized spacial score (nSPS) is 11.9. The summed E-state index contributed by atoms with van der Waals surface area (Å²) in [5.74, 6) is 1.78. The van der Waals surface area contributed by atoms with Gasteiger partial charge >= 0.3 is 0 Å². The van der Waals surface area contributed by atoms with Crippen molar-refractivity contribution >= 4 is 17.4 Å². The number of nitrogens with one attached hydrogen (secondary N) is 2. The van der Waals surface area contributed by atoms with Crippen molar-refractivity contribution in [2.75, 3.05) is 17.4 Å². The quantitative estimate of drug-likeness (QED) is 0.706. The molecule has 1 aliphatic heterocycles. The summed E-state index contributed by atoms with van der Waals surface area (Å²) in [4.78, 5) is 20.8. The molecule has 2 N–H and O–H groups in total. The third kappa shape index (κ3) is 3.88. The van der Waals surface area contributed by atoms with Crippen LogP contribution in [0.4, 0.5) is 11.5 Å². The molecule has 1 aliphatic rings. The Kier molecular flexibility index (Phi) is 4.80. The smallest absolute Gasteiger partial charge is 0.275 e. The van der Waals surface area contributed by atoms with Crippen LogP contribution in [0.15, 0.2) is 48.8 Å². The molecule has 0 atom stereocenters. The number of ether oxygens (including phenoxy) is 2. The van der Waals surface area contributed by atoms with Crippen molar-refractivity contribution in [1.29, 1.82) is 0 Å². The molecule has 0 unspecified atom stereocenters. The Morgan fingerprint density at radius 1 is 1.00 bits per heavy atom. The molecule has 4 rings (SSSR count). The summed E-state index contributed by atoms with van der Waals surface area (Å²) in [7, 11) is 0. The summed E-state index contributed by atoms with van der Waals surface area (Å²) in [6.45, 7) is 4.84. The lowest BCUT2D eigenvalue weighted by Crippen LogP contribution is -2.14. The minimum atomic E-state index is -0.293. The van der Waals surface area contributed by atoms with Gasteiger partial charge in [-0.05, 0) is 54.8 Å². The third-order valence-corrected chi connectivity index (χ3v) is 4.56. The molecule has 28 heavy (non-hydrogen) atoms. The van der Waals surface area contributed by atoms with E-state index in [1.807, 2.05) is 50.2 Å². The topological polar surface area (TPSA) is 85.4 Å². The van der Waals surface area contributed by atoms with Gasteiger partial charge in [0.25, 0.3) is 5.91 Å². The Morgan fingerprint density at radius 2 is 1.86 bits per heavy atom. The molecule has 2 heterocycles. The monoisotopic (exact) mass is 376 g/mol. The van der Waals surface area contributed by atoms with Gasteiger partial charge in [-0.25, -0.2) is 9.97 Å². The second kappa shape index (κ2) is 7.56. The molecule has 1 aromatic heterocycles. The van der Waals surface area contributed by atoms with Crippen molar-refractivity contribution in [3.63, 3.8) is 0 Å². The Balaban J connectivity index is 1.36. The molecule has 0 radical (unpaired) electrons. The van der Waals surface area contributed by atoms with Crippen LogP contribution in [0.25, 0.3) is 0 Å². The highest BCUT2D eigenvalue weighted by molar-refractivity contribution is 6.02. The lowest BCUT2D eigenvalue weighted by molar-refractivity contribution is 0.102. The molecule has 3 aromatic rings. The lowest BCUT2D eigenvalue weighted by Gasteiger charge is -2.08. The van der Waals surface area contributed by atoms with Gasteiger partial charge in [-0.15, -0.1) is 0 Å². The predicted octanol–water partition coefficient (Wildman–Crippen LogP) is 3.69. The SMILES string of the molecule is Cc1ccc(NC(=O)c2cnc(NCc3ccc4c(c3)OCO4)cn2)cc1C. The number of nitrogens with zero attached hydrogens (tertiary/aromatic N) is 2. The van der Waals surface area contributed by atoms with Gasteiger partial charge in [-0.1, -0.05) is 12.1 Å².